The molecule has 1 aromatic heterocycles. The summed E-state index contributed by atoms with van der Waals surface area (Å²) in [5, 5.41) is 15.0. The zero-order valence-corrected chi connectivity index (χ0v) is 19.0. The van der Waals surface area contributed by atoms with Crippen molar-refractivity contribution >= 4 is 39.9 Å². The number of halogens is 1. The summed E-state index contributed by atoms with van der Waals surface area (Å²) in [4.78, 5) is 16.9. The molecule has 1 N–H and O–H groups in total. The Balaban J connectivity index is 1.37. The first-order valence-electron chi connectivity index (χ1n) is 11.0. The Labute approximate surface area is 197 Å². The number of hydrogen-bond acceptors (Lipinski definition) is 4. The Kier molecular flexibility index (Phi) is 5.84. The predicted molar refractivity (Wildman–Crippen MR) is 134 cm³/mol. The second-order valence-corrected chi connectivity index (χ2v) is 8.65. The van der Waals surface area contributed by atoms with Gasteiger partial charge in [-0.1, -0.05) is 66.2 Å². The van der Waals surface area contributed by atoms with Crippen LogP contribution in [0.2, 0.25) is 5.02 Å². The van der Waals surface area contributed by atoms with Crippen molar-refractivity contribution in [3.05, 3.63) is 83.9 Å². The van der Waals surface area contributed by atoms with Gasteiger partial charge in [-0.15, -0.1) is 10.2 Å². The van der Waals surface area contributed by atoms with E-state index in [1.807, 2.05) is 35.2 Å². The van der Waals surface area contributed by atoms with Crippen LogP contribution in [-0.2, 0) is 0 Å². The maximum Gasteiger partial charge on any atom is 0.321 e. The van der Waals surface area contributed by atoms with E-state index in [0.29, 0.717) is 24.7 Å². The minimum atomic E-state index is -0.112. The number of fused-ring (bicyclic) bond motifs is 1. The molecule has 3 aromatic carbocycles. The van der Waals surface area contributed by atoms with Crippen LogP contribution in [0.3, 0.4) is 0 Å². The Morgan fingerprint density at radius 3 is 2.33 bits per heavy atom. The van der Waals surface area contributed by atoms with E-state index in [-0.39, 0.29) is 12.1 Å². The third-order valence-corrected chi connectivity index (χ3v) is 6.25. The van der Waals surface area contributed by atoms with Gasteiger partial charge in [0.2, 0.25) is 0 Å². The Morgan fingerprint density at radius 1 is 0.909 bits per heavy atom. The quantitative estimate of drug-likeness (QED) is 0.429. The summed E-state index contributed by atoms with van der Waals surface area (Å²) in [6.45, 7) is 3.98. The van der Waals surface area contributed by atoms with E-state index in [1.54, 1.807) is 24.3 Å². The van der Waals surface area contributed by atoms with Crippen molar-refractivity contribution in [3.8, 4) is 11.3 Å². The lowest BCUT2D eigenvalue weighted by Crippen LogP contribution is -2.55. The first-order valence-corrected chi connectivity index (χ1v) is 11.4. The maximum atomic E-state index is 12.8. The van der Waals surface area contributed by atoms with Gasteiger partial charge < -0.3 is 15.1 Å². The fraction of sp³-hybridized carbons (Fsp3) is 0.192. The number of carbonyl (C=O) groups is 1. The topological polar surface area (TPSA) is 61.4 Å². The third-order valence-electron chi connectivity index (χ3n) is 6.00. The minimum Gasteiger partial charge on any atom is -0.348 e. The molecule has 0 spiro atoms. The van der Waals surface area contributed by atoms with Crippen molar-refractivity contribution in [2.75, 3.05) is 29.9 Å². The molecule has 5 rings (SSSR count). The standard InChI is InChI=1S/C26H24ClN5O/c1-18-17-31(26(33)28-21-13-11-20(27)12-14-21)15-16-32(18)25-23-10-6-5-9-22(23)24(29-30-25)19-7-3-2-4-8-19/h2-14,18H,15-17H2,1H3,(H,28,33)/t18-/m0/s1. The number of nitrogens with zero attached hydrogens (tertiary/aromatic N) is 4. The van der Waals surface area contributed by atoms with Gasteiger partial charge in [0.05, 0.1) is 0 Å². The molecule has 1 aliphatic heterocycles. The van der Waals surface area contributed by atoms with Gasteiger partial charge in [0.1, 0.15) is 5.69 Å². The predicted octanol–water partition coefficient (Wildman–Crippen LogP) is 5.69. The van der Waals surface area contributed by atoms with E-state index in [9.17, 15) is 4.79 Å². The van der Waals surface area contributed by atoms with Crippen molar-refractivity contribution in [3.63, 3.8) is 0 Å². The van der Waals surface area contributed by atoms with E-state index < -0.39 is 0 Å². The van der Waals surface area contributed by atoms with Gasteiger partial charge in [-0.05, 0) is 31.2 Å². The van der Waals surface area contributed by atoms with Crippen LogP contribution in [0.25, 0.3) is 22.0 Å². The SMILES string of the molecule is C[C@H]1CN(C(=O)Nc2ccc(Cl)cc2)CCN1c1nnc(-c2ccccc2)c2ccccc12. The number of aromatic nitrogens is 2. The van der Waals surface area contributed by atoms with Crippen molar-refractivity contribution in [2.45, 2.75) is 13.0 Å². The van der Waals surface area contributed by atoms with Crippen LogP contribution >= 0.6 is 11.6 Å². The maximum absolute atomic E-state index is 12.8. The summed E-state index contributed by atoms with van der Waals surface area (Å²) in [6.07, 6.45) is 0. The van der Waals surface area contributed by atoms with Crippen LogP contribution in [0.15, 0.2) is 78.9 Å². The zero-order chi connectivity index (χ0) is 22.8. The first kappa shape index (κ1) is 21.2. The molecule has 7 heteroatoms. The molecule has 166 valence electrons. The molecule has 6 nitrogen and oxygen atoms in total. The molecule has 0 aliphatic carbocycles. The average Bonchev–Trinajstić information content (AvgIpc) is 2.85. The van der Waals surface area contributed by atoms with E-state index in [0.717, 1.165) is 33.5 Å². The molecule has 2 amide bonds. The highest BCUT2D eigenvalue weighted by molar-refractivity contribution is 6.30. The number of rotatable bonds is 3. The smallest absolute Gasteiger partial charge is 0.321 e. The van der Waals surface area contributed by atoms with Gasteiger partial charge >= 0.3 is 6.03 Å². The van der Waals surface area contributed by atoms with Gasteiger partial charge in [0, 0.05) is 52.7 Å². The monoisotopic (exact) mass is 457 g/mol. The molecule has 4 aromatic rings. The number of hydrogen-bond donors (Lipinski definition) is 1. The van der Waals surface area contributed by atoms with Crippen molar-refractivity contribution < 1.29 is 4.79 Å². The molecule has 0 saturated carbocycles. The van der Waals surface area contributed by atoms with E-state index in [2.05, 4.69) is 51.6 Å². The number of urea groups is 1. The lowest BCUT2D eigenvalue weighted by Gasteiger charge is -2.40. The van der Waals surface area contributed by atoms with Crippen LogP contribution in [-0.4, -0.2) is 46.8 Å². The number of amides is 2. The second kappa shape index (κ2) is 9.08. The summed E-state index contributed by atoms with van der Waals surface area (Å²) in [6, 6.07) is 25.5. The molecular weight excluding hydrogens is 434 g/mol. The minimum absolute atomic E-state index is 0.0926. The first-order chi connectivity index (χ1) is 16.1. The molecule has 33 heavy (non-hydrogen) atoms. The average molecular weight is 458 g/mol. The molecule has 0 bridgehead atoms. The third kappa shape index (κ3) is 4.34. The second-order valence-electron chi connectivity index (χ2n) is 8.21. The summed E-state index contributed by atoms with van der Waals surface area (Å²) in [5.74, 6) is 0.857. The van der Waals surface area contributed by atoms with Gasteiger partial charge in [-0.3, -0.25) is 0 Å². The largest absolute Gasteiger partial charge is 0.348 e. The summed E-state index contributed by atoms with van der Waals surface area (Å²) in [7, 11) is 0. The normalized spacial score (nSPS) is 16.1. The Bertz CT molecular complexity index is 1280. The molecule has 1 aliphatic rings. The van der Waals surface area contributed by atoms with Crippen LogP contribution in [0.4, 0.5) is 16.3 Å². The van der Waals surface area contributed by atoms with Gasteiger partial charge in [-0.2, -0.15) is 0 Å². The van der Waals surface area contributed by atoms with Crippen molar-refractivity contribution in [1.82, 2.24) is 15.1 Å². The number of piperazine rings is 1. The van der Waals surface area contributed by atoms with E-state index in [1.165, 1.54) is 0 Å². The van der Waals surface area contributed by atoms with Crippen LogP contribution in [0, 0.1) is 0 Å². The number of anilines is 2. The van der Waals surface area contributed by atoms with Crippen LogP contribution in [0.1, 0.15) is 6.92 Å². The van der Waals surface area contributed by atoms with Crippen molar-refractivity contribution in [1.29, 1.82) is 0 Å². The summed E-state index contributed by atoms with van der Waals surface area (Å²) < 4.78 is 0. The lowest BCUT2D eigenvalue weighted by atomic mass is 10.0. The van der Waals surface area contributed by atoms with Crippen molar-refractivity contribution in [2.24, 2.45) is 0 Å². The van der Waals surface area contributed by atoms with Crippen LogP contribution in [0.5, 0.6) is 0 Å². The number of nitrogens with one attached hydrogen (secondary N) is 1. The zero-order valence-electron chi connectivity index (χ0n) is 18.3. The molecule has 0 radical (unpaired) electrons. The highest BCUT2D eigenvalue weighted by Gasteiger charge is 2.29. The number of benzene rings is 3. The fourth-order valence-corrected chi connectivity index (χ4v) is 4.43. The molecule has 0 unspecified atom stereocenters. The fourth-order valence-electron chi connectivity index (χ4n) is 4.30. The van der Waals surface area contributed by atoms with Gasteiger partial charge in [-0.25, -0.2) is 4.79 Å². The summed E-state index contributed by atoms with van der Waals surface area (Å²) in [5.41, 5.74) is 2.65. The highest BCUT2D eigenvalue weighted by Crippen LogP contribution is 2.32. The number of carbonyl (C=O) groups excluding carboxylic acids is 1. The molecule has 1 fully saturated rings. The molecule has 1 saturated heterocycles. The molecule has 2 heterocycles. The van der Waals surface area contributed by atoms with E-state index in [4.69, 9.17) is 11.6 Å². The van der Waals surface area contributed by atoms with Crippen LogP contribution < -0.4 is 10.2 Å². The Morgan fingerprint density at radius 2 is 1.61 bits per heavy atom. The Hall–Kier alpha value is -3.64. The van der Waals surface area contributed by atoms with E-state index >= 15 is 0 Å². The molecule has 1 atom stereocenters. The lowest BCUT2D eigenvalue weighted by molar-refractivity contribution is 0.200. The van der Waals surface area contributed by atoms with Gasteiger partial charge in [0.25, 0.3) is 0 Å². The van der Waals surface area contributed by atoms with Gasteiger partial charge in [0.15, 0.2) is 5.82 Å². The molecular formula is C26H24ClN5O. The highest BCUT2D eigenvalue weighted by atomic mass is 35.5. The summed E-state index contributed by atoms with van der Waals surface area (Å²) >= 11 is 5.94.